The summed E-state index contributed by atoms with van der Waals surface area (Å²) in [6, 6.07) is 12.5. The normalized spacial score (nSPS) is 17.4. The summed E-state index contributed by atoms with van der Waals surface area (Å²) < 4.78 is 6.56. The van der Waals surface area contributed by atoms with Gasteiger partial charge in [-0.05, 0) is 66.8 Å². The van der Waals surface area contributed by atoms with E-state index in [2.05, 4.69) is 32.9 Å². The van der Waals surface area contributed by atoms with Crippen LogP contribution in [0.5, 0.6) is 0 Å². The predicted molar refractivity (Wildman–Crippen MR) is 115 cm³/mol. The lowest BCUT2D eigenvalue weighted by molar-refractivity contribution is -0.134. The molecular weight excluding hydrogens is 386 g/mol. The van der Waals surface area contributed by atoms with Crippen LogP contribution in [0.2, 0.25) is 5.02 Å². The number of carbonyl (C=O) groups excluding carboxylic acids is 1. The van der Waals surface area contributed by atoms with Gasteiger partial charge in [0.2, 0.25) is 0 Å². The maximum absolute atomic E-state index is 11.3. The number of rotatable bonds is 6. The lowest BCUT2D eigenvalue weighted by Crippen LogP contribution is -2.26. The zero-order chi connectivity index (χ0) is 20.2. The number of aromatic nitrogens is 2. The van der Waals surface area contributed by atoms with Crippen LogP contribution < -0.4 is 0 Å². The largest absolute Gasteiger partial charge is 0.466 e. The number of fused-ring (bicyclic) bond motifs is 1. The highest BCUT2D eigenvalue weighted by Crippen LogP contribution is 2.36. The Morgan fingerprint density at radius 2 is 2.24 bits per heavy atom. The van der Waals surface area contributed by atoms with Crippen molar-refractivity contribution in [1.29, 1.82) is 0 Å². The Morgan fingerprint density at radius 3 is 3.07 bits per heavy atom. The number of nitrogens with zero attached hydrogens (tertiary/aromatic N) is 3. The summed E-state index contributed by atoms with van der Waals surface area (Å²) in [6.45, 7) is 2.05. The molecule has 1 unspecified atom stereocenters. The van der Waals surface area contributed by atoms with Crippen LogP contribution in [0.4, 0.5) is 0 Å². The first kappa shape index (κ1) is 19.7. The molecule has 1 aliphatic rings. The predicted octanol–water partition coefficient (Wildman–Crippen LogP) is 4.55. The van der Waals surface area contributed by atoms with Crippen LogP contribution in [0.25, 0.3) is 11.6 Å². The van der Waals surface area contributed by atoms with E-state index in [0.717, 1.165) is 42.1 Å². The fourth-order valence-electron chi connectivity index (χ4n) is 4.04. The second-order valence-electron chi connectivity index (χ2n) is 7.28. The monoisotopic (exact) mass is 409 g/mol. The van der Waals surface area contributed by atoms with E-state index in [4.69, 9.17) is 11.6 Å². The number of likely N-dealkylation sites (tertiary alicyclic amines) is 1. The number of halogens is 1. The van der Waals surface area contributed by atoms with E-state index >= 15 is 0 Å². The van der Waals surface area contributed by atoms with Gasteiger partial charge in [0.25, 0.3) is 0 Å². The van der Waals surface area contributed by atoms with Gasteiger partial charge in [0.05, 0.1) is 18.8 Å². The van der Waals surface area contributed by atoms with Gasteiger partial charge in [0.1, 0.15) is 0 Å². The van der Waals surface area contributed by atoms with Crippen molar-refractivity contribution in [2.24, 2.45) is 0 Å². The Hall–Kier alpha value is -2.63. The maximum Gasteiger partial charge on any atom is 0.330 e. The molecule has 0 radical (unpaired) electrons. The number of carbonyl (C=O) groups is 1. The first-order valence-electron chi connectivity index (χ1n) is 9.86. The van der Waals surface area contributed by atoms with E-state index in [1.807, 2.05) is 35.1 Å². The minimum atomic E-state index is -0.375. The van der Waals surface area contributed by atoms with Gasteiger partial charge in [0.15, 0.2) is 0 Å². The molecule has 1 saturated heterocycles. The molecule has 29 heavy (non-hydrogen) atoms. The number of ether oxygens (including phenoxy) is 1. The van der Waals surface area contributed by atoms with Gasteiger partial charge in [-0.3, -0.25) is 4.90 Å². The van der Waals surface area contributed by atoms with E-state index in [9.17, 15) is 4.79 Å². The van der Waals surface area contributed by atoms with Gasteiger partial charge in [0, 0.05) is 29.9 Å². The second kappa shape index (κ2) is 8.80. The van der Waals surface area contributed by atoms with Crippen molar-refractivity contribution in [2.75, 3.05) is 20.2 Å². The molecule has 3 heterocycles. The van der Waals surface area contributed by atoms with Crippen LogP contribution in [0.3, 0.4) is 0 Å². The standard InChI is InChI=1S/C23H24ClN3O2/c1-29-23(28)10-8-17-7-9-19(20(24)15-17)22-6-4-12-26(22)14-11-18-16-25-27-13-3-2-5-21(18)27/h2-3,5,7-10,13,15-16,22H,4,6,11-12,14H2,1H3. The highest BCUT2D eigenvalue weighted by molar-refractivity contribution is 6.31. The van der Waals surface area contributed by atoms with Gasteiger partial charge < -0.3 is 4.74 Å². The summed E-state index contributed by atoms with van der Waals surface area (Å²) in [4.78, 5) is 13.8. The molecule has 0 spiro atoms. The molecule has 1 aliphatic heterocycles. The molecule has 0 amide bonds. The van der Waals surface area contributed by atoms with Gasteiger partial charge in [-0.25, -0.2) is 9.31 Å². The first-order valence-corrected chi connectivity index (χ1v) is 10.2. The third-order valence-corrected chi connectivity index (χ3v) is 5.86. The molecule has 2 aromatic heterocycles. The summed E-state index contributed by atoms with van der Waals surface area (Å²) in [5.41, 5.74) is 4.48. The fraction of sp³-hybridized carbons (Fsp3) is 0.304. The Kier molecular flexibility index (Phi) is 5.97. The summed E-state index contributed by atoms with van der Waals surface area (Å²) in [5.74, 6) is -0.375. The zero-order valence-corrected chi connectivity index (χ0v) is 17.2. The molecule has 6 heteroatoms. The fourth-order valence-corrected chi connectivity index (χ4v) is 4.35. The Morgan fingerprint density at radius 1 is 1.34 bits per heavy atom. The van der Waals surface area contributed by atoms with E-state index in [1.165, 1.54) is 30.7 Å². The number of methoxy groups -OCH3 is 1. The molecule has 1 atom stereocenters. The van der Waals surface area contributed by atoms with Gasteiger partial charge in [-0.1, -0.05) is 29.8 Å². The average molecular weight is 410 g/mol. The summed E-state index contributed by atoms with van der Waals surface area (Å²) >= 11 is 6.61. The van der Waals surface area contributed by atoms with Crippen LogP contribution in [-0.4, -0.2) is 40.7 Å². The molecular formula is C23H24ClN3O2. The lowest BCUT2D eigenvalue weighted by atomic mass is 10.0. The zero-order valence-electron chi connectivity index (χ0n) is 16.4. The lowest BCUT2D eigenvalue weighted by Gasteiger charge is -2.25. The van der Waals surface area contributed by atoms with Crippen LogP contribution >= 0.6 is 11.6 Å². The third-order valence-electron chi connectivity index (χ3n) is 5.53. The van der Waals surface area contributed by atoms with Crippen molar-refractivity contribution in [3.05, 3.63) is 76.6 Å². The number of esters is 1. The SMILES string of the molecule is COC(=O)C=Cc1ccc(C2CCCN2CCc2cnn3ccccc23)c(Cl)c1. The molecule has 4 rings (SSSR count). The number of hydrogen-bond acceptors (Lipinski definition) is 4. The molecule has 1 aromatic carbocycles. The third kappa shape index (κ3) is 4.36. The van der Waals surface area contributed by atoms with Crippen molar-refractivity contribution in [3.63, 3.8) is 0 Å². The quantitative estimate of drug-likeness (QED) is 0.442. The van der Waals surface area contributed by atoms with Gasteiger partial charge in [-0.2, -0.15) is 5.10 Å². The second-order valence-corrected chi connectivity index (χ2v) is 7.69. The van der Waals surface area contributed by atoms with Crippen molar-refractivity contribution in [3.8, 4) is 0 Å². The molecule has 1 fully saturated rings. The first-order chi connectivity index (χ1) is 14.2. The molecule has 0 bridgehead atoms. The van der Waals surface area contributed by atoms with Crippen LogP contribution in [0.15, 0.2) is 54.9 Å². The highest BCUT2D eigenvalue weighted by Gasteiger charge is 2.27. The minimum Gasteiger partial charge on any atom is -0.466 e. The van der Waals surface area contributed by atoms with Crippen molar-refractivity contribution < 1.29 is 9.53 Å². The molecule has 3 aromatic rings. The van der Waals surface area contributed by atoms with E-state index in [0.29, 0.717) is 6.04 Å². The smallest absolute Gasteiger partial charge is 0.330 e. The molecule has 0 saturated carbocycles. The van der Waals surface area contributed by atoms with Gasteiger partial charge >= 0.3 is 5.97 Å². The van der Waals surface area contributed by atoms with Crippen molar-refractivity contribution in [2.45, 2.75) is 25.3 Å². The summed E-state index contributed by atoms with van der Waals surface area (Å²) in [6.07, 6.45) is 10.3. The van der Waals surface area contributed by atoms with E-state index < -0.39 is 0 Å². The van der Waals surface area contributed by atoms with Gasteiger partial charge in [-0.15, -0.1) is 0 Å². The Balaban J connectivity index is 1.46. The topological polar surface area (TPSA) is 46.8 Å². The van der Waals surface area contributed by atoms with E-state index in [1.54, 1.807) is 6.08 Å². The number of hydrogen-bond donors (Lipinski definition) is 0. The van der Waals surface area contributed by atoms with Crippen LogP contribution in [-0.2, 0) is 16.0 Å². The summed E-state index contributed by atoms with van der Waals surface area (Å²) in [5, 5.41) is 5.18. The minimum absolute atomic E-state index is 0.322. The number of pyridine rings is 1. The van der Waals surface area contributed by atoms with E-state index in [-0.39, 0.29) is 5.97 Å². The highest BCUT2D eigenvalue weighted by atomic mass is 35.5. The number of benzene rings is 1. The molecule has 150 valence electrons. The maximum atomic E-state index is 11.3. The van der Waals surface area contributed by atoms with Crippen LogP contribution in [0.1, 0.15) is 35.6 Å². The molecule has 0 aliphatic carbocycles. The van der Waals surface area contributed by atoms with Crippen molar-refractivity contribution in [1.82, 2.24) is 14.5 Å². The molecule has 5 nitrogen and oxygen atoms in total. The molecule has 0 N–H and O–H groups in total. The Bertz CT molecular complexity index is 1040. The van der Waals surface area contributed by atoms with Crippen LogP contribution in [0, 0.1) is 0 Å². The Labute approximate surface area is 175 Å². The summed E-state index contributed by atoms with van der Waals surface area (Å²) in [7, 11) is 1.37. The average Bonchev–Trinajstić information content (AvgIpc) is 3.37. The van der Waals surface area contributed by atoms with Crippen molar-refractivity contribution >= 4 is 29.2 Å².